The lowest BCUT2D eigenvalue weighted by molar-refractivity contribution is -0.128. The number of sulfone groups is 2. The molecule has 0 heterocycles. The zero-order valence-corrected chi connectivity index (χ0v) is 29.2. The summed E-state index contributed by atoms with van der Waals surface area (Å²) in [7, 11) is -7.88. The first kappa shape index (κ1) is 32.8. The number of fused-ring (bicyclic) bond motifs is 2. The molecule has 0 spiro atoms. The number of hydrogen-bond donors (Lipinski definition) is 0. The Labute approximate surface area is 287 Å². The molecule has 8 heteroatoms. The van der Waals surface area contributed by atoms with Crippen LogP contribution in [0.25, 0.3) is 10.8 Å². The molecule has 48 heavy (non-hydrogen) atoms. The molecule has 5 unspecified atom stereocenters. The topological polar surface area (TPSA) is 85.3 Å². The molecule has 0 radical (unpaired) electrons. The maximum atomic E-state index is 15.0. The van der Waals surface area contributed by atoms with Gasteiger partial charge in [0.25, 0.3) is 0 Å². The zero-order valence-electron chi connectivity index (χ0n) is 26.8. The number of halogens is 1. The minimum Gasteiger partial charge on any atom is -0.299 e. The van der Waals surface area contributed by atoms with E-state index in [0.29, 0.717) is 5.02 Å². The fourth-order valence-corrected chi connectivity index (χ4v) is 12.6. The molecule has 5 aromatic carbocycles. The highest BCUT2D eigenvalue weighted by atomic mass is 35.5. The van der Waals surface area contributed by atoms with Crippen LogP contribution in [0.1, 0.15) is 53.4 Å². The van der Waals surface area contributed by atoms with Crippen LogP contribution >= 0.6 is 11.6 Å². The van der Waals surface area contributed by atoms with E-state index in [-0.39, 0.29) is 34.8 Å². The molecule has 0 N–H and O–H groups in total. The Balaban J connectivity index is 1.41. The van der Waals surface area contributed by atoms with Crippen molar-refractivity contribution in [1.29, 1.82) is 0 Å². The molecule has 0 aliphatic heterocycles. The second-order valence-corrected chi connectivity index (χ2v) is 18.2. The van der Waals surface area contributed by atoms with Crippen LogP contribution in [-0.2, 0) is 24.5 Å². The zero-order chi connectivity index (χ0) is 33.8. The summed E-state index contributed by atoms with van der Waals surface area (Å²) in [6.07, 6.45) is 0.299. The van der Waals surface area contributed by atoms with Crippen LogP contribution in [0.5, 0.6) is 0 Å². The van der Waals surface area contributed by atoms with Crippen molar-refractivity contribution >= 4 is 47.8 Å². The molecular formula is C40H37ClO5S2. The first-order chi connectivity index (χ1) is 22.9. The average molecular weight is 697 g/mol. The molecule has 6 atom stereocenters. The number of carbonyl (C=O) groups is 1. The van der Waals surface area contributed by atoms with Gasteiger partial charge in [0.2, 0.25) is 0 Å². The Kier molecular flexibility index (Phi) is 8.59. The van der Waals surface area contributed by atoms with Gasteiger partial charge in [0.05, 0.1) is 20.3 Å². The first-order valence-corrected chi connectivity index (χ1v) is 19.8. The van der Waals surface area contributed by atoms with Crippen LogP contribution in [-0.4, -0.2) is 33.1 Å². The molecule has 7 rings (SSSR count). The van der Waals surface area contributed by atoms with E-state index in [4.69, 9.17) is 11.6 Å². The van der Waals surface area contributed by atoms with Gasteiger partial charge in [-0.25, -0.2) is 16.8 Å². The number of ketones is 1. The highest BCUT2D eigenvalue weighted by molar-refractivity contribution is 7.92. The maximum Gasteiger partial charge on any atom is 0.182 e. The van der Waals surface area contributed by atoms with Gasteiger partial charge in [-0.3, -0.25) is 4.79 Å². The van der Waals surface area contributed by atoms with E-state index in [1.807, 2.05) is 68.4 Å². The molecular weight excluding hydrogens is 660 g/mol. The fraction of sp³-hybridized carbons (Fsp3) is 0.275. The van der Waals surface area contributed by atoms with Crippen molar-refractivity contribution in [1.82, 2.24) is 0 Å². The largest absolute Gasteiger partial charge is 0.299 e. The Bertz CT molecular complexity index is 2210. The smallest absolute Gasteiger partial charge is 0.182 e. The van der Waals surface area contributed by atoms with Crippen molar-refractivity contribution in [3.8, 4) is 0 Å². The first-order valence-electron chi connectivity index (χ1n) is 16.3. The molecule has 0 bridgehead atoms. The molecule has 2 aliphatic carbocycles. The minimum atomic E-state index is -3.98. The Morgan fingerprint density at radius 2 is 1.19 bits per heavy atom. The number of carbonyl (C=O) groups excluding carboxylic acids is 1. The van der Waals surface area contributed by atoms with Gasteiger partial charge >= 0.3 is 0 Å². The summed E-state index contributed by atoms with van der Waals surface area (Å²) in [6.45, 7) is 3.82. The summed E-state index contributed by atoms with van der Waals surface area (Å²) in [4.78, 5) is 14.8. The molecule has 0 aromatic heterocycles. The Morgan fingerprint density at radius 1 is 0.604 bits per heavy atom. The van der Waals surface area contributed by atoms with Crippen molar-refractivity contribution in [2.75, 3.05) is 0 Å². The molecule has 2 saturated carbocycles. The van der Waals surface area contributed by atoms with Gasteiger partial charge < -0.3 is 0 Å². The van der Waals surface area contributed by atoms with Crippen LogP contribution in [0.4, 0.5) is 0 Å². The van der Waals surface area contributed by atoms with Gasteiger partial charge in [-0.2, -0.15) is 0 Å². The number of hydrogen-bond acceptors (Lipinski definition) is 5. The molecule has 5 aromatic rings. The minimum absolute atomic E-state index is 0.0217. The van der Waals surface area contributed by atoms with Gasteiger partial charge in [-0.15, -0.1) is 0 Å². The van der Waals surface area contributed by atoms with E-state index >= 15 is 0 Å². The number of aryl methyl sites for hydroxylation is 2. The third-order valence-electron chi connectivity index (χ3n) is 10.6. The second-order valence-electron chi connectivity index (χ2n) is 13.5. The van der Waals surface area contributed by atoms with Gasteiger partial charge in [0.1, 0.15) is 5.78 Å². The number of rotatable bonds is 6. The van der Waals surface area contributed by atoms with Gasteiger partial charge in [-0.05, 0) is 90.9 Å². The van der Waals surface area contributed by atoms with Crippen molar-refractivity contribution in [2.45, 2.75) is 65.2 Å². The van der Waals surface area contributed by atoms with E-state index in [0.717, 1.165) is 33.0 Å². The predicted octanol–water partition coefficient (Wildman–Crippen LogP) is 8.66. The third-order valence-corrected chi connectivity index (χ3v) is 15.4. The summed E-state index contributed by atoms with van der Waals surface area (Å²) in [6, 6.07) is 34.6. The van der Waals surface area contributed by atoms with Gasteiger partial charge in [0.15, 0.2) is 19.7 Å². The Hall–Kier alpha value is -3.78. The van der Waals surface area contributed by atoms with E-state index < -0.39 is 53.8 Å². The van der Waals surface area contributed by atoms with Crippen LogP contribution < -0.4 is 0 Å². The lowest BCUT2D eigenvalue weighted by Gasteiger charge is -2.48. The predicted molar refractivity (Wildman–Crippen MR) is 191 cm³/mol. The highest BCUT2D eigenvalue weighted by Gasteiger charge is 2.56. The lowest BCUT2D eigenvalue weighted by atomic mass is 9.61. The number of benzene rings is 5. The summed E-state index contributed by atoms with van der Waals surface area (Å²) >= 11 is 6.27. The van der Waals surface area contributed by atoms with Crippen molar-refractivity contribution in [3.63, 3.8) is 0 Å². The fourth-order valence-electron chi connectivity index (χ4n) is 8.21. The number of Topliss-reactive ketones (excluding diaryl/α,β-unsaturated/α-hetero) is 1. The van der Waals surface area contributed by atoms with Crippen LogP contribution in [0.15, 0.2) is 125 Å². The molecule has 246 valence electrons. The quantitative estimate of drug-likeness (QED) is 0.177. The molecule has 0 saturated heterocycles. The summed E-state index contributed by atoms with van der Waals surface area (Å²) < 4.78 is 58.8. The molecule has 5 nitrogen and oxygen atoms in total. The second kappa shape index (κ2) is 12.6. The van der Waals surface area contributed by atoms with E-state index in [2.05, 4.69) is 0 Å². The van der Waals surface area contributed by atoms with Gasteiger partial charge in [-0.1, -0.05) is 102 Å². The molecule has 2 aliphatic rings. The average Bonchev–Trinajstić information content (AvgIpc) is 3.08. The van der Waals surface area contributed by atoms with Crippen molar-refractivity contribution < 1.29 is 21.6 Å². The van der Waals surface area contributed by atoms with Crippen LogP contribution in [0.2, 0.25) is 5.02 Å². The van der Waals surface area contributed by atoms with E-state index in [1.54, 1.807) is 60.7 Å². The molecule has 2 fully saturated rings. The Morgan fingerprint density at radius 3 is 1.83 bits per heavy atom. The normalized spacial score (nSPS) is 24.7. The van der Waals surface area contributed by atoms with Crippen molar-refractivity contribution in [2.24, 2.45) is 11.8 Å². The molecule has 0 amide bonds. The standard InChI is InChI=1S/C40H37ClO5S2/c1-25-10-18-30(19-11-25)47(43,44)39-24-35-36(22-34(39)28-14-16-29(41)17-15-28)40(48(45,46)31-20-12-26(2)13-21-31)37(23-38(35)42)33-9-5-7-27-6-3-4-8-32(27)33/h3-21,34-37,39-40H,22-24H2,1-2H3/t34?,35-,36?,37?,39?,40?/m1/s1. The summed E-state index contributed by atoms with van der Waals surface area (Å²) in [5.41, 5.74) is 3.49. The summed E-state index contributed by atoms with van der Waals surface area (Å²) in [5.74, 6) is -2.56. The van der Waals surface area contributed by atoms with Crippen LogP contribution in [0.3, 0.4) is 0 Å². The van der Waals surface area contributed by atoms with Gasteiger partial charge in [0, 0.05) is 29.2 Å². The summed E-state index contributed by atoms with van der Waals surface area (Å²) in [5, 5.41) is 0.567. The maximum absolute atomic E-state index is 15.0. The van der Waals surface area contributed by atoms with Crippen molar-refractivity contribution in [3.05, 3.63) is 143 Å². The third kappa shape index (κ3) is 5.80. The van der Waals surface area contributed by atoms with E-state index in [1.165, 1.54) is 0 Å². The van der Waals surface area contributed by atoms with Crippen LogP contribution in [0, 0.1) is 25.7 Å². The lowest BCUT2D eigenvalue weighted by Crippen LogP contribution is -2.53. The SMILES string of the molecule is Cc1ccc(S(=O)(=O)C2C[C@H]3C(=O)CC(c4cccc5ccccc45)C(S(=O)(=O)c4ccc(C)cc4)C3CC2c2ccc(Cl)cc2)cc1. The van der Waals surface area contributed by atoms with E-state index in [9.17, 15) is 21.6 Å². The monoisotopic (exact) mass is 696 g/mol. The highest BCUT2D eigenvalue weighted by Crippen LogP contribution is 2.54.